The molecule has 0 heterocycles. The molecule has 0 aliphatic heterocycles. The van der Waals surface area contributed by atoms with Gasteiger partial charge in [-0.25, -0.2) is 4.79 Å². The molecule has 3 amide bonds. The Morgan fingerprint density at radius 2 is 2.00 bits per heavy atom. The molecule has 1 aromatic rings. The van der Waals surface area contributed by atoms with Crippen LogP contribution in [0.4, 0.5) is 10.5 Å². The SMILES string of the molecule is COc1cc(N)ccc1SCC(=O)NC(=O)NC(C)(C)C. The first-order valence-corrected chi connectivity index (χ1v) is 7.38. The third-order valence-electron chi connectivity index (χ3n) is 2.29. The smallest absolute Gasteiger partial charge is 0.321 e. The minimum atomic E-state index is -0.502. The fourth-order valence-electron chi connectivity index (χ4n) is 1.48. The number of nitrogen functional groups attached to an aromatic ring is 1. The number of ether oxygens (including phenoxy) is 1. The van der Waals surface area contributed by atoms with Crippen LogP contribution in [0.5, 0.6) is 5.75 Å². The number of benzene rings is 1. The Labute approximate surface area is 128 Å². The van der Waals surface area contributed by atoms with Crippen molar-refractivity contribution in [2.24, 2.45) is 0 Å². The molecule has 0 aromatic heterocycles. The van der Waals surface area contributed by atoms with E-state index >= 15 is 0 Å². The lowest BCUT2D eigenvalue weighted by atomic mass is 10.1. The maximum atomic E-state index is 11.7. The molecule has 21 heavy (non-hydrogen) atoms. The Hall–Kier alpha value is -1.89. The second-order valence-corrected chi connectivity index (χ2v) is 6.47. The first-order chi connectivity index (χ1) is 9.71. The zero-order valence-electron chi connectivity index (χ0n) is 12.6. The summed E-state index contributed by atoms with van der Waals surface area (Å²) in [7, 11) is 1.54. The Balaban J connectivity index is 2.52. The van der Waals surface area contributed by atoms with Gasteiger partial charge < -0.3 is 15.8 Å². The van der Waals surface area contributed by atoms with Crippen molar-refractivity contribution in [1.29, 1.82) is 0 Å². The molecule has 0 saturated carbocycles. The largest absolute Gasteiger partial charge is 0.496 e. The lowest BCUT2D eigenvalue weighted by molar-refractivity contribution is -0.117. The second kappa shape index (κ2) is 7.21. The van der Waals surface area contributed by atoms with E-state index in [9.17, 15) is 9.59 Å². The number of carbonyl (C=O) groups excluding carboxylic acids is 2. The highest BCUT2D eigenvalue weighted by atomic mass is 32.2. The minimum absolute atomic E-state index is 0.109. The van der Waals surface area contributed by atoms with Crippen molar-refractivity contribution in [1.82, 2.24) is 10.6 Å². The summed E-state index contributed by atoms with van der Waals surface area (Å²) in [6, 6.07) is 4.69. The quantitative estimate of drug-likeness (QED) is 0.584. The third-order valence-corrected chi connectivity index (χ3v) is 3.34. The van der Waals surface area contributed by atoms with Crippen LogP contribution in [0.3, 0.4) is 0 Å². The highest BCUT2D eigenvalue weighted by molar-refractivity contribution is 8.00. The number of hydrogen-bond donors (Lipinski definition) is 3. The zero-order valence-corrected chi connectivity index (χ0v) is 13.5. The molecule has 0 aliphatic rings. The molecule has 116 valence electrons. The maximum Gasteiger partial charge on any atom is 0.321 e. The standard InChI is InChI=1S/C14H21N3O3S/c1-14(2,3)17-13(19)16-12(18)8-21-11-6-5-9(15)7-10(11)20-4/h5-7H,8,15H2,1-4H3,(H2,16,17,18,19). The number of methoxy groups -OCH3 is 1. The summed E-state index contributed by atoms with van der Waals surface area (Å²) in [4.78, 5) is 24.1. The molecule has 0 bridgehead atoms. The average Bonchev–Trinajstić information content (AvgIpc) is 2.34. The van der Waals surface area contributed by atoms with Crippen molar-refractivity contribution >= 4 is 29.4 Å². The van der Waals surface area contributed by atoms with Crippen LogP contribution in [0.2, 0.25) is 0 Å². The Morgan fingerprint density at radius 3 is 2.57 bits per heavy atom. The fraction of sp³-hybridized carbons (Fsp3) is 0.429. The topological polar surface area (TPSA) is 93.4 Å². The third kappa shape index (κ3) is 6.40. The molecular formula is C14H21N3O3S. The molecule has 1 rings (SSSR count). The van der Waals surface area contributed by atoms with Gasteiger partial charge in [0.15, 0.2) is 0 Å². The van der Waals surface area contributed by atoms with Gasteiger partial charge in [-0.2, -0.15) is 0 Å². The first kappa shape index (κ1) is 17.2. The van der Waals surface area contributed by atoms with E-state index in [2.05, 4.69) is 10.6 Å². The lowest BCUT2D eigenvalue weighted by Crippen LogP contribution is -2.48. The van der Waals surface area contributed by atoms with Crippen molar-refractivity contribution in [2.45, 2.75) is 31.2 Å². The number of thioether (sulfide) groups is 1. The van der Waals surface area contributed by atoms with Gasteiger partial charge in [0.05, 0.1) is 12.9 Å². The van der Waals surface area contributed by atoms with Gasteiger partial charge in [0.1, 0.15) is 5.75 Å². The summed E-state index contributed by atoms with van der Waals surface area (Å²) in [5.74, 6) is 0.338. The van der Waals surface area contributed by atoms with Gasteiger partial charge >= 0.3 is 6.03 Å². The molecule has 0 unspecified atom stereocenters. The van der Waals surface area contributed by atoms with Crippen LogP contribution in [0.15, 0.2) is 23.1 Å². The summed E-state index contributed by atoms with van der Waals surface area (Å²) >= 11 is 1.28. The van der Waals surface area contributed by atoms with Crippen molar-refractivity contribution < 1.29 is 14.3 Å². The predicted octanol–water partition coefficient (Wildman–Crippen LogP) is 1.99. The Morgan fingerprint density at radius 1 is 1.33 bits per heavy atom. The number of anilines is 1. The number of urea groups is 1. The van der Waals surface area contributed by atoms with Crippen LogP contribution in [0, 0.1) is 0 Å². The van der Waals surface area contributed by atoms with Gasteiger partial charge in [-0.1, -0.05) is 0 Å². The van der Waals surface area contributed by atoms with Crippen LogP contribution < -0.4 is 21.1 Å². The first-order valence-electron chi connectivity index (χ1n) is 6.39. The molecule has 0 atom stereocenters. The van der Waals surface area contributed by atoms with E-state index in [4.69, 9.17) is 10.5 Å². The van der Waals surface area contributed by atoms with Crippen molar-refractivity contribution in [3.63, 3.8) is 0 Å². The molecule has 0 saturated heterocycles. The van der Waals surface area contributed by atoms with E-state index < -0.39 is 11.6 Å². The van der Waals surface area contributed by atoms with Gasteiger partial charge in [-0.3, -0.25) is 10.1 Å². The summed E-state index contributed by atoms with van der Waals surface area (Å²) in [5.41, 5.74) is 5.86. The molecule has 7 heteroatoms. The molecule has 0 aliphatic carbocycles. The van der Waals surface area contributed by atoms with Crippen LogP contribution in [0.1, 0.15) is 20.8 Å². The Kier molecular flexibility index (Phi) is 5.90. The van der Waals surface area contributed by atoms with E-state index in [1.165, 1.54) is 18.9 Å². The number of nitrogens with two attached hydrogens (primary N) is 1. The highest BCUT2D eigenvalue weighted by Gasteiger charge is 2.16. The van der Waals surface area contributed by atoms with E-state index in [0.29, 0.717) is 11.4 Å². The molecule has 0 radical (unpaired) electrons. The lowest BCUT2D eigenvalue weighted by Gasteiger charge is -2.20. The van der Waals surface area contributed by atoms with E-state index in [1.807, 2.05) is 20.8 Å². The zero-order chi connectivity index (χ0) is 16.0. The summed E-state index contributed by atoms with van der Waals surface area (Å²) < 4.78 is 5.19. The number of nitrogens with one attached hydrogen (secondary N) is 2. The number of amides is 3. The van der Waals surface area contributed by atoms with Crippen LogP contribution in [-0.2, 0) is 4.79 Å². The molecular weight excluding hydrogens is 290 g/mol. The van der Waals surface area contributed by atoms with E-state index in [1.54, 1.807) is 18.2 Å². The predicted molar refractivity (Wildman–Crippen MR) is 84.6 cm³/mol. The summed E-state index contributed by atoms with van der Waals surface area (Å²) in [6.07, 6.45) is 0. The highest BCUT2D eigenvalue weighted by Crippen LogP contribution is 2.30. The van der Waals surface area contributed by atoms with Gasteiger partial charge in [0.2, 0.25) is 5.91 Å². The van der Waals surface area contributed by atoms with E-state index in [-0.39, 0.29) is 11.7 Å². The van der Waals surface area contributed by atoms with Crippen molar-refractivity contribution in [3.8, 4) is 5.75 Å². The van der Waals surface area contributed by atoms with Crippen molar-refractivity contribution in [2.75, 3.05) is 18.6 Å². The van der Waals surface area contributed by atoms with Crippen molar-refractivity contribution in [3.05, 3.63) is 18.2 Å². The summed E-state index contributed by atoms with van der Waals surface area (Å²) in [6.45, 7) is 5.52. The van der Waals surface area contributed by atoms with Gasteiger partial charge in [-0.15, -0.1) is 11.8 Å². The molecule has 0 spiro atoms. The summed E-state index contributed by atoms with van der Waals surface area (Å²) in [5, 5.41) is 4.94. The number of rotatable bonds is 4. The molecule has 4 N–H and O–H groups in total. The number of carbonyl (C=O) groups is 2. The molecule has 0 fully saturated rings. The molecule has 1 aromatic carbocycles. The van der Waals surface area contributed by atoms with E-state index in [0.717, 1.165) is 4.90 Å². The molecule has 6 nitrogen and oxygen atoms in total. The normalized spacial score (nSPS) is 10.9. The number of imide groups is 1. The van der Waals surface area contributed by atoms with Gasteiger partial charge in [0, 0.05) is 22.2 Å². The maximum absolute atomic E-state index is 11.7. The van der Waals surface area contributed by atoms with Gasteiger partial charge in [-0.05, 0) is 32.9 Å². The van der Waals surface area contributed by atoms with Crippen LogP contribution in [0.25, 0.3) is 0 Å². The van der Waals surface area contributed by atoms with Gasteiger partial charge in [0.25, 0.3) is 0 Å². The monoisotopic (exact) mass is 311 g/mol. The van der Waals surface area contributed by atoms with Crippen LogP contribution in [-0.4, -0.2) is 30.3 Å². The minimum Gasteiger partial charge on any atom is -0.496 e. The second-order valence-electron chi connectivity index (χ2n) is 5.45. The average molecular weight is 311 g/mol. The van der Waals surface area contributed by atoms with Crippen LogP contribution >= 0.6 is 11.8 Å². The number of hydrogen-bond acceptors (Lipinski definition) is 5. The fourth-order valence-corrected chi connectivity index (χ4v) is 2.29. The Bertz CT molecular complexity index is 527.